The van der Waals surface area contributed by atoms with E-state index in [0.717, 1.165) is 16.7 Å². The minimum Gasteiger partial charge on any atom is -0.507 e. The van der Waals surface area contributed by atoms with Gasteiger partial charge in [0.25, 0.3) is 11.7 Å². The molecule has 7 heteroatoms. The number of amides is 1. The predicted molar refractivity (Wildman–Crippen MR) is 120 cm³/mol. The molecule has 4 rings (SSSR count). The summed E-state index contributed by atoms with van der Waals surface area (Å²) in [6.07, 6.45) is 1.46. The number of carbonyl (C=O) groups excluding carboxylic acids is 2. The molecule has 0 aliphatic carbocycles. The Morgan fingerprint density at radius 1 is 1.16 bits per heavy atom. The van der Waals surface area contributed by atoms with E-state index in [2.05, 4.69) is 0 Å². The number of likely N-dealkylation sites (tertiary alicyclic amines) is 1. The van der Waals surface area contributed by atoms with Gasteiger partial charge >= 0.3 is 0 Å². The molecule has 1 aliphatic rings. The zero-order valence-corrected chi connectivity index (χ0v) is 18.6. The van der Waals surface area contributed by atoms with Crippen LogP contribution in [0.5, 0.6) is 5.75 Å². The maximum atomic E-state index is 13.1. The summed E-state index contributed by atoms with van der Waals surface area (Å²) >= 11 is 6.30. The number of benzene rings is 2. The van der Waals surface area contributed by atoms with Crippen LogP contribution >= 0.6 is 11.6 Å². The number of rotatable bonds is 5. The summed E-state index contributed by atoms with van der Waals surface area (Å²) < 4.78 is 10.8. The number of methoxy groups -OCH3 is 1. The normalized spacial score (nSPS) is 17.8. The van der Waals surface area contributed by atoms with Crippen molar-refractivity contribution in [3.63, 3.8) is 0 Å². The molecule has 3 aromatic rings. The third-order valence-electron chi connectivity index (χ3n) is 5.63. The van der Waals surface area contributed by atoms with Crippen LogP contribution in [0.1, 0.15) is 34.1 Å². The summed E-state index contributed by atoms with van der Waals surface area (Å²) in [5.74, 6) is -1.07. The highest BCUT2D eigenvalue weighted by Crippen LogP contribution is 2.42. The van der Waals surface area contributed by atoms with Gasteiger partial charge in [0.05, 0.1) is 24.0 Å². The molecule has 1 fully saturated rings. The second-order valence-corrected chi connectivity index (χ2v) is 8.13. The van der Waals surface area contributed by atoms with Gasteiger partial charge in [-0.3, -0.25) is 9.59 Å². The zero-order valence-electron chi connectivity index (χ0n) is 17.9. The van der Waals surface area contributed by atoms with Crippen molar-refractivity contribution < 1.29 is 23.8 Å². The smallest absolute Gasteiger partial charge is 0.296 e. The summed E-state index contributed by atoms with van der Waals surface area (Å²) in [5, 5.41) is 11.4. The first-order valence-corrected chi connectivity index (χ1v) is 10.4. The third-order valence-corrected chi connectivity index (χ3v) is 5.96. The van der Waals surface area contributed by atoms with Crippen molar-refractivity contribution in [2.24, 2.45) is 0 Å². The molecule has 1 saturated heterocycles. The zero-order chi connectivity index (χ0) is 23.0. The molecule has 1 atom stereocenters. The van der Waals surface area contributed by atoms with Gasteiger partial charge in [-0.25, -0.2) is 0 Å². The average Bonchev–Trinajstić information content (AvgIpc) is 3.39. The van der Waals surface area contributed by atoms with E-state index < -0.39 is 17.7 Å². The van der Waals surface area contributed by atoms with Crippen LogP contribution in [0.2, 0.25) is 5.02 Å². The third kappa shape index (κ3) is 3.78. The highest BCUT2D eigenvalue weighted by molar-refractivity contribution is 6.46. The van der Waals surface area contributed by atoms with Crippen LogP contribution in [-0.2, 0) is 16.1 Å². The van der Waals surface area contributed by atoms with Crippen LogP contribution in [0.25, 0.3) is 5.76 Å². The molecule has 2 heterocycles. The van der Waals surface area contributed by atoms with E-state index in [-0.39, 0.29) is 28.5 Å². The van der Waals surface area contributed by atoms with Gasteiger partial charge in [0, 0.05) is 12.1 Å². The Labute approximate surface area is 190 Å². The summed E-state index contributed by atoms with van der Waals surface area (Å²) in [6.45, 7) is 4.10. The van der Waals surface area contributed by atoms with Crippen LogP contribution in [-0.4, -0.2) is 28.8 Å². The molecule has 0 radical (unpaired) electrons. The van der Waals surface area contributed by atoms with Gasteiger partial charge in [-0.15, -0.1) is 0 Å². The molecule has 1 aromatic heterocycles. The average molecular weight is 452 g/mol. The largest absolute Gasteiger partial charge is 0.507 e. The van der Waals surface area contributed by atoms with Gasteiger partial charge in [0.15, 0.2) is 0 Å². The molecule has 1 unspecified atom stereocenters. The second kappa shape index (κ2) is 8.55. The van der Waals surface area contributed by atoms with Crippen LogP contribution in [0, 0.1) is 13.8 Å². The number of aliphatic hydroxyl groups is 1. The lowest BCUT2D eigenvalue weighted by Gasteiger charge is -2.24. The highest BCUT2D eigenvalue weighted by Gasteiger charge is 2.47. The molecule has 0 spiro atoms. The van der Waals surface area contributed by atoms with E-state index in [4.69, 9.17) is 20.8 Å². The molecule has 164 valence electrons. The fraction of sp³-hybridized carbons (Fsp3) is 0.200. The fourth-order valence-electron chi connectivity index (χ4n) is 3.90. The Balaban J connectivity index is 1.87. The molecule has 1 amide bonds. The summed E-state index contributed by atoms with van der Waals surface area (Å²) in [5.41, 5.74) is 3.06. The van der Waals surface area contributed by atoms with Gasteiger partial charge in [-0.2, -0.15) is 0 Å². The number of carbonyl (C=O) groups is 2. The van der Waals surface area contributed by atoms with E-state index in [9.17, 15) is 14.7 Å². The van der Waals surface area contributed by atoms with Crippen molar-refractivity contribution in [1.29, 1.82) is 0 Å². The number of furan rings is 1. The molecule has 6 nitrogen and oxygen atoms in total. The van der Waals surface area contributed by atoms with Crippen LogP contribution < -0.4 is 4.74 Å². The molecule has 1 aliphatic heterocycles. The van der Waals surface area contributed by atoms with Gasteiger partial charge in [0.1, 0.15) is 23.3 Å². The number of aliphatic hydroxyl groups excluding tert-OH is 1. The highest BCUT2D eigenvalue weighted by atomic mass is 35.5. The van der Waals surface area contributed by atoms with Gasteiger partial charge in [-0.05, 0) is 55.3 Å². The van der Waals surface area contributed by atoms with Crippen LogP contribution in [0.3, 0.4) is 0 Å². The molecular formula is C25H22ClNO5. The van der Waals surface area contributed by atoms with E-state index in [1.807, 2.05) is 32.0 Å². The Hall–Kier alpha value is -3.51. The van der Waals surface area contributed by atoms with Gasteiger partial charge < -0.3 is 19.2 Å². The van der Waals surface area contributed by atoms with Crippen LogP contribution in [0.15, 0.2) is 64.8 Å². The number of nitrogens with zero attached hydrogens (tertiary/aromatic N) is 1. The number of ketones is 1. The SMILES string of the molecule is COc1ccc(Cl)c(/C(O)=C2/C(=O)C(=O)N(Cc3cc(C)ccc3C)C2c2ccco2)c1. The first-order valence-electron chi connectivity index (χ1n) is 10.0. The molecule has 0 bridgehead atoms. The summed E-state index contributed by atoms with van der Waals surface area (Å²) in [7, 11) is 1.49. The molecular weight excluding hydrogens is 430 g/mol. The van der Waals surface area contributed by atoms with Crippen molar-refractivity contribution in [3.8, 4) is 5.75 Å². The van der Waals surface area contributed by atoms with Gasteiger partial charge in [-0.1, -0.05) is 35.4 Å². The first-order chi connectivity index (χ1) is 15.3. The summed E-state index contributed by atoms with van der Waals surface area (Å²) in [4.78, 5) is 27.6. The maximum absolute atomic E-state index is 13.1. The number of hydrogen-bond donors (Lipinski definition) is 1. The van der Waals surface area contributed by atoms with E-state index in [0.29, 0.717) is 11.5 Å². The molecule has 32 heavy (non-hydrogen) atoms. The number of Topliss-reactive ketones (excluding diaryl/α,β-unsaturated/α-hetero) is 1. The molecule has 0 saturated carbocycles. The van der Waals surface area contributed by atoms with Crippen molar-refractivity contribution in [3.05, 3.63) is 93.4 Å². The van der Waals surface area contributed by atoms with E-state index in [1.165, 1.54) is 24.3 Å². The topological polar surface area (TPSA) is 80.0 Å². The van der Waals surface area contributed by atoms with Crippen molar-refractivity contribution in [2.45, 2.75) is 26.4 Å². The van der Waals surface area contributed by atoms with Crippen molar-refractivity contribution >= 4 is 29.1 Å². The second-order valence-electron chi connectivity index (χ2n) is 7.72. The Bertz CT molecular complexity index is 1230. The summed E-state index contributed by atoms with van der Waals surface area (Å²) in [6, 6.07) is 13.1. The first kappa shape index (κ1) is 21.7. The lowest BCUT2D eigenvalue weighted by Crippen LogP contribution is -2.29. The Kier molecular flexibility index (Phi) is 5.80. The number of halogens is 1. The fourth-order valence-corrected chi connectivity index (χ4v) is 4.10. The maximum Gasteiger partial charge on any atom is 0.296 e. The van der Waals surface area contributed by atoms with Crippen LogP contribution in [0.4, 0.5) is 0 Å². The van der Waals surface area contributed by atoms with Crippen molar-refractivity contribution in [1.82, 2.24) is 4.90 Å². The molecule has 1 N–H and O–H groups in total. The Morgan fingerprint density at radius 2 is 1.94 bits per heavy atom. The van der Waals surface area contributed by atoms with E-state index in [1.54, 1.807) is 24.3 Å². The Morgan fingerprint density at radius 3 is 2.62 bits per heavy atom. The quantitative estimate of drug-likeness (QED) is 0.328. The number of ether oxygens (including phenoxy) is 1. The number of hydrogen-bond acceptors (Lipinski definition) is 5. The lowest BCUT2D eigenvalue weighted by molar-refractivity contribution is -0.140. The minimum absolute atomic E-state index is 0.0783. The predicted octanol–water partition coefficient (Wildman–Crippen LogP) is 5.18. The lowest BCUT2D eigenvalue weighted by atomic mass is 9.98. The monoisotopic (exact) mass is 451 g/mol. The molecule has 2 aromatic carbocycles. The van der Waals surface area contributed by atoms with Gasteiger partial charge in [0.2, 0.25) is 0 Å². The van der Waals surface area contributed by atoms with E-state index >= 15 is 0 Å². The minimum atomic E-state index is -0.896. The standard InChI is InChI=1S/C25H22ClNO5/c1-14-6-7-15(2)16(11-14)13-27-22(20-5-4-10-32-20)21(24(29)25(27)30)23(28)18-12-17(31-3)8-9-19(18)26/h4-12,22,28H,13H2,1-3H3/b23-21-. The number of aryl methyl sites for hydroxylation is 2. The van der Waals surface area contributed by atoms with Crippen molar-refractivity contribution in [2.75, 3.05) is 7.11 Å².